The number of aliphatic hydroxyl groups is 1. The van der Waals surface area contributed by atoms with E-state index in [9.17, 15) is 9.50 Å². The van der Waals surface area contributed by atoms with E-state index in [4.69, 9.17) is 11.6 Å². The standard InChI is InChI=1S/C24H23ClFN7O/c25-18-8-19(26)10-21(9-18)31-24-28-13-22(17-12-29-33(14-17)5-6-34)23(32-24)30-20-2-1-15-3-4-27-11-16(15)7-20/h1-2,7-10,12-14,27,34H,3-6,11H2,(H2,28,30,31,32). The number of hydrogen-bond donors (Lipinski definition) is 4. The molecule has 4 N–H and O–H groups in total. The maximum Gasteiger partial charge on any atom is 0.229 e. The molecule has 0 bridgehead atoms. The number of aliphatic hydroxyl groups excluding tert-OH is 1. The molecule has 1 aliphatic rings. The van der Waals surface area contributed by atoms with Crippen molar-refractivity contribution in [1.29, 1.82) is 0 Å². The summed E-state index contributed by atoms with van der Waals surface area (Å²) in [5, 5.41) is 23.6. The SMILES string of the molecule is OCCn1cc(-c2cnc(Nc3cc(F)cc(Cl)c3)nc2Nc2ccc3c(c2)CNCC3)cn1. The first-order valence-corrected chi connectivity index (χ1v) is 11.3. The molecule has 1 aliphatic heterocycles. The van der Waals surface area contributed by atoms with E-state index in [0.717, 1.165) is 36.3 Å². The monoisotopic (exact) mass is 479 g/mol. The lowest BCUT2D eigenvalue weighted by atomic mass is 10.0. The largest absolute Gasteiger partial charge is 0.394 e. The molecule has 0 unspecified atom stereocenters. The third-order valence-corrected chi connectivity index (χ3v) is 5.75. The number of anilines is 4. The van der Waals surface area contributed by atoms with Gasteiger partial charge in [-0.05, 0) is 54.4 Å². The highest BCUT2D eigenvalue weighted by Gasteiger charge is 2.15. The van der Waals surface area contributed by atoms with E-state index in [1.807, 2.05) is 12.3 Å². The van der Waals surface area contributed by atoms with Crippen molar-refractivity contribution in [2.24, 2.45) is 0 Å². The van der Waals surface area contributed by atoms with E-state index >= 15 is 0 Å². The maximum absolute atomic E-state index is 13.8. The summed E-state index contributed by atoms with van der Waals surface area (Å²) in [5.74, 6) is 0.395. The lowest BCUT2D eigenvalue weighted by molar-refractivity contribution is 0.269. The van der Waals surface area contributed by atoms with E-state index in [-0.39, 0.29) is 17.6 Å². The molecule has 8 nitrogen and oxygen atoms in total. The van der Waals surface area contributed by atoms with Crippen LogP contribution in [-0.4, -0.2) is 38.0 Å². The first-order valence-electron chi connectivity index (χ1n) is 10.9. The average Bonchev–Trinajstić information content (AvgIpc) is 3.27. The second kappa shape index (κ2) is 9.76. The predicted octanol–water partition coefficient (Wildman–Crippen LogP) is 4.26. The molecule has 34 heavy (non-hydrogen) atoms. The summed E-state index contributed by atoms with van der Waals surface area (Å²) >= 11 is 5.98. The Labute approximate surface area is 200 Å². The van der Waals surface area contributed by atoms with Gasteiger partial charge >= 0.3 is 0 Å². The van der Waals surface area contributed by atoms with Crippen molar-refractivity contribution in [3.63, 3.8) is 0 Å². The van der Waals surface area contributed by atoms with Crippen LogP contribution in [0.25, 0.3) is 11.1 Å². The van der Waals surface area contributed by atoms with Crippen LogP contribution in [-0.2, 0) is 19.5 Å². The van der Waals surface area contributed by atoms with Crippen molar-refractivity contribution >= 4 is 34.7 Å². The molecule has 2 aromatic carbocycles. The number of nitrogens with one attached hydrogen (secondary N) is 3. The molecule has 0 spiro atoms. The highest BCUT2D eigenvalue weighted by molar-refractivity contribution is 6.30. The molecule has 2 aromatic heterocycles. The molecular weight excluding hydrogens is 457 g/mol. The van der Waals surface area contributed by atoms with E-state index in [0.29, 0.717) is 18.1 Å². The zero-order valence-electron chi connectivity index (χ0n) is 18.2. The Kier molecular flexibility index (Phi) is 6.39. The van der Waals surface area contributed by atoms with E-state index in [1.54, 1.807) is 23.1 Å². The molecule has 0 amide bonds. The van der Waals surface area contributed by atoms with Crippen molar-refractivity contribution in [2.75, 3.05) is 23.8 Å². The van der Waals surface area contributed by atoms with Gasteiger partial charge in [-0.25, -0.2) is 9.37 Å². The van der Waals surface area contributed by atoms with Gasteiger partial charge in [0, 0.05) is 46.5 Å². The smallest absolute Gasteiger partial charge is 0.229 e. The van der Waals surface area contributed by atoms with Gasteiger partial charge < -0.3 is 21.1 Å². The summed E-state index contributed by atoms with van der Waals surface area (Å²) in [5.41, 5.74) is 5.46. The Morgan fingerprint density at radius 2 is 2.00 bits per heavy atom. The summed E-state index contributed by atoms with van der Waals surface area (Å²) in [6.07, 6.45) is 6.22. The first-order chi connectivity index (χ1) is 16.6. The normalized spacial score (nSPS) is 12.9. The van der Waals surface area contributed by atoms with Crippen molar-refractivity contribution in [2.45, 2.75) is 19.5 Å². The molecule has 0 radical (unpaired) electrons. The fourth-order valence-electron chi connectivity index (χ4n) is 3.93. The summed E-state index contributed by atoms with van der Waals surface area (Å²) in [6, 6.07) is 10.4. The molecule has 0 atom stereocenters. The third-order valence-electron chi connectivity index (χ3n) is 5.54. The predicted molar refractivity (Wildman–Crippen MR) is 130 cm³/mol. The van der Waals surface area contributed by atoms with Gasteiger partial charge in [-0.1, -0.05) is 17.7 Å². The van der Waals surface area contributed by atoms with E-state index < -0.39 is 5.82 Å². The number of hydrogen-bond acceptors (Lipinski definition) is 7. The minimum absolute atomic E-state index is 0.00899. The molecule has 0 fully saturated rings. The number of rotatable bonds is 7. The lowest BCUT2D eigenvalue weighted by Gasteiger charge is -2.19. The molecule has 0 aliphatic carbocycles. The van der Waals surface area contributed by atoms with Crippen molar-refractivity contribution in [1.82, 2.24) is 25.1 Å². The number of nitrogens with zero attached hydrogens (tertiary/aromatic N) is 4. The Morgan fingerprint density at radius 3 is 2.85 bits per heavy atom. The van der Waals surface area contributed by atoms with Gasteiger partial charge in [0.2, 0.25) is 5.95 Å². The summed E-state index contributed by atoms with van der Waals surface area (Å²) in [7, 11) is 0. The molecule has 0 saturated heterocycles. The Bertz CT molecular complexity index is 1310. The molecular formula is C24H23ClFN7O. The van der Waals surface area contributed by atoms with E-state index in [1.165, 1.54) is 23.3 Å². The fraction of sp³-hybridized carbons (Fsp3) is 0.208. The second-order valence-corrected chi connectivity index (χ2v) is 8.43. The second-order valence-electron chi connectivity index (χ2n) is 7.99. The molecule has 10 heteroatoms. The molecule has 3 heterocycles. The number of benzene rings is 2. The van der Waals surface area contributed by atoms with Gasteiger partial charge in [0.05, 0.1) is 19.3 Å². The van der Waals surface area contributed by atoms with Crippen molar-refractivity contribution in [3.8, 4) is 11.1 Å². The van der Waals surface area contributed by atoms with Crippen LogP contribution in [0, 0.1) is 5.82 Å². The highest BCUT2D eigenvalue weighted by atomic mass is 35.5. The minimum atomic E-state index is -0.455. The van der Waals surface area contributed by atoms with Crippen LogP contribution in [0.1, 0.15) is 11.1 Å². The summed E-state index contributed by atoms with van der Waals surface area (Å²) < 4.78 is 15.4. The topological polar surface area (TPSA) is 99.9 Å². The van der Waals surface area contributed by atoms with Crippen LogP contribution >= 0.6 is 11.6 Å². The van der Waals surface area contributed by atoms with Crippen LogP contribution in [0.2, 0.25) is 5.02 Å². The quantitative estimate of drug-likeness (QED) is 0.314. The van der Waals surface area contributed by atoms with Gasteiger partial charge in [-0.3, -0.25) is 4.68 Å². The van der Waals surface area contributed by atoms with Crippen molar-refractivity contribution < 1.29 is 9.50 Å². The van der Waals surface area contributed by atoms with Crippen LogP contribution in [0.5, 0.6) is 0 Å². The average molecular weight is 480 g/mol. The van der Waals surface area contributed by atoms with Gasteiger partial charge in [0.25, 0.3) is 0 Å². The summed E-state index contributed by atoms with van der Waals surface area (Å²) in [4.78, 5) is 9.08. The molecule has 174 valence electrons. The lowest BCUT2D eigenvalue weighted by Crippen LogP contribution is -2.23. The van der Waals surface area contributed by atoms with Gasteiger partial charge in [-0.15, -0.1) is 0 Å². The van der Waals surface area contributed by atoms with E-state index in [2.05, 4.69) is 43.1 Å². The Balaban J connectivity index is 1.50. The molecule has 4 aromatic rings. The molecule has 0 saturated carbocycles. The van der Waals surface area contributed by atoms with Gasteiger partial charge in [0.15, 0.2) is 0 Å². The van der Waals surface area contributed by atoms with Crippen LogP contribution < -0.4 is 16.0 Å². The zero-order valence-corrected chi connectivity index (χ0v) is 19.0. The highest BCUT2D eigenvalue weighted by Crippen LogP contribution is 2.31. The Morgan fingerprint density at radius 1 is 1.09 bits per heavy atom. The van der Waals surface area contributed by atoms with Crippen LogP contribution in [0.15, 0.2) is 55.0 Å². The summed E-state index contributed by atoms with van der Waals surface area (Å²) in [6.45, 7) is 2.18. The van der Waals surface area contributed by atoms with Crippen molar-refractivity contribution in [3.05, 3.63) is 77.0 Å². The number of halogens is 2. The Hall–Kier alpha value is -3.53. The fourth-order valence-corrected chi connectivity index (χ4v) is 4.15. The van der Waals surface area contributed by atoms with Crippen LogP contribution in [0.4, 0.5) is 27.5 Å². The first kappa shape index (κ1) is 22.3. The number of fused-ring (bicyclic) bond motifs is 1. The van der Waals surface area contributed by atoms with Gasteiger partial charge in [-0.2, -0.15) is 10.1 Å². The zero-order chi connectivity index (χ0) is 23.5. The van der Waals surface area contributed by atoms with Gasteiger partial charge in [0.1, 0.15) is 11.6 Å². The number of aromatic nitrogens is 4. The maximum atomic E-state index is 13.8. The minimum Gasteiger partial charge on any atom is -0.394 e. The third kappa shape index (κ3) is 5.01. The van der Waals surface area contributed by atoms with Crippen LogP contribution in [0.3, 0.4) is 0 Å². The molecule has 5 rings (SSSR count).